The lowest BCUT2D eigenvalue weighted by Gasteiger charge is -2.18. The summed E-state index contributed by atoms with van der Waals surface area (Å²) in [7, 11) is 0. The highest BCUT2D eigenvalue weighted by molar-refractivity contribution is 5.23. The maximum atomic E-state index is 12.2. The van der Waals surface area contributed by atoms with Gasteiger partial charge in [-0.3, -0.25) is 0 Å². The summed E-state index contributed by atoms with van der Waals surface area (Å²) in [6, 6.07) is 0. The molecule has 0 aromatic carbocycles. The van der Waals surface area contributed by atoms with Crippen LogP contribution in [0.3, 0.4) is 0 Å². The summed E-state index contributed by atoms with van der Waals surface area (Å²) < 4.78 is 12.2. The van der Waals surface area contributed by atoms with Crippen molar-refractivity contribution in [1.82, 2.24) is 0 Å². The molecule has 0 radical (unpaired) electrons. The molecule has 0 saturated carbocycles. The smallest absolute Gasteiger partial charge is 0.137 e. The molecule has 0 heterocycles. The highest BCUT2D eigenvalue weighted by Gasteiger charge is 2.14. The van der Waals surface area contributed by atoms with Gasteiger partial charge in [0.05, 0.1) is 0 Å². The topological polar surface area (TPSA) is 52.0 Å². The first-order chi connectivity index (χ1) is 4.10. The van der Waals surface area contributed by atoms with E-state index in [-0.39, 0.29) is 0 Å². The molecule has 0 atom stereocenters. The Bertz CT molecular complexity index is 144. The van der Waals surface area contributed by atoms with Gasteiger partial charge in [-0.1, -0.05) is 0 Å². The summed E-state index contributed by atoms with van der Waals surface area (Å²) in [5.41, 5.74) is 9.81. The summed E-state index contributed by atoms with van der Waals surface area (Å²) in [6.07, 6.45) is 4.53. The SMILES string of the molecule is NC1(N)C=CC(F)C=C1. The minimum Gasteiger partial charge on any atom is -0.307 e. The quantitative estimate of drug-likeness (QED) is 0.358. The monoisotopic (exact) mass is 128 g/mol. The number of hydrogen-bond donors (Lipinski definition) is 2. The van der Waals surface area contributed by atoms with Gasteiger partial charge in [-0.05, 0) is 24.3 Å². The first-order valence-electron chi connectivity index (χ1n) is 2.71. The van der Waals surface area contributed by atoms with E-state index in [2.05, 4.69) is 0 Å². The van der Waals surface area contributed by atoms with Gasteiger partial charge >= 0.3 is 0 Å². The van der Waals surface area contributed by atoms with E-state index in [9.17, 15) is 4.39 Å². The van der Waals surface area contributed by atoms with Crippen LogP contribution < -0.4 is 11.5 Å². The Hall–Kier alpha value is -0.670. The van der Waals surface area contributed by atoms with Crippen LogP contribution in [-0.4, -0.2) is 11.8 Å². The molecule has 1 aliphatic rings. The van der Waals surface area contributed by atoms with Gasteiger partial charge in [-0.25, -0.2) is 4.39 Å². The molecule has 9 heavy (non-hydrogen) atoms. The first kappa shape index (κ1) is 6.45. The minimum atomic E-state index is -1.02. The molecule has 50 valence electrons. The van der Waals surface area contributed by atoms with E-state index in [0.29, 0.717) is 0 Å². The van der Waals surface area contributed by atoms with E-state index in [4.69, 9.17) is 11.5 Å². The molecule has 0 spiro atoms. The van der Waals surface area contributed by atoms with Crippen molar-refractivity contribution in [3.8, 4) is 0 Å². The Morgan fingerprint density at radius 3 is 2.00 bits per heavy atom. The van der Waals surface area contributed by atoms with Crippen LogP contribution in [0.5, 0.6) is 0 Å². The van der Waals surface area contributed by atoms with Crippen molar-refractivity contribution < 1.29 is 4.39 Å². The molecule has 0 unspecified atom stereocenters. The Kier molecular flexibility index (Phi) is 1.38. The molecular weight excluding hydrogens is 119 g/mol. The van der Waals surface area contributed by atoms with E-state index in [0.717, 1.165) is 0 Å². The van der Waals surface area contributed by atoms with Gasteiger partial charge in [0.15, 0.2) is 0 Å². The lowest BCUT2D eigenvalue weighted by molar-refractivity contribution is 0.456. The molecule has 0 fully saturated rings. The molecule has 0 aromatic heterocycles. The average molecular weight is 128 g/mol. The van der Waals surface area contributed by atoms with Crippen LogP contribution in [0.15, 0.2) is 24.3 Å². The van der Waals surface area contributed by atoms with Gasteiger partial charge in [0, 0.05) is 0 Å². The van der Waals surface area contributed by atoms with Gasteiger partial charge in [-0.15, -0.1) is 0 Å². The third-order valence-electron chi connectivity index (χ3n) is 1.14. The second-order valence-corrected chi connectivity index (χ2v) is 2.16. The minimum absolute atomic E-state index is 0.942. The van der Waals surface area contributed by atoms with Gasteiger partial charge in [0.25, 0.3) is 0 Å². The zero-order valence-electron chi connectivity index (χ0n) is 4.92. The summed E-state index contributed by atoms with van der Waals surface area (Å²) in [5.74, 6) is 0. The molecule has 0 bridgehead atoms. The average Bonchev–Trinajstić information content (AvgIpc) is 1.78. The van der Waals surface area contributed by atoms with E-state index in [1.54, 1.807) is 0 Å². The fourth-order valence-corrected chi connectivity index (χ4v) is 0.637. The van der Waals surface area contributed by atoms with Crippen molar-refractivity contribution in [2.75, 3.05) is 0 Å². The van der Waals surface area contributed by atoms with Crippen molar-refractivity contribution in [1.29, 1.82) is 0 Å². The van der Waals surface area contributed by atoms with Crippen molar-refractivity contribution >= 4 is 0 Å². The van der Waals surface area contributed by atoms with Crippen LogP contribution >= 0.6 is 0 Å². The number of hydrogen-bond acceptors (Lipinski definition) is 2. The predicted octanol–water partition coefficient (Wildman–Crippen LogP) is 0.0642. The zero-order valence-corrected chi connectivity index (χ0v) is 4.92. The molecular formula is C6H9FN2. The largest absolute Gasteiger partial charge is 0.307 e. The molecule has 4 N–H and O–H groups in total. The Morgan fingerprint density at radius 2 is 1.67 bits per heavy atom. The number of halogens is 1. The van der Waals surface area contributed by atoms with Crippen LogP contribution in [0.25, 0.3) is 0 Å². The summed E-state index contributed by atoms with van der Waals surface area (Å²) in [4.78, 5) is 0. The Morgan fingerprint density at radius 1 is 1.22 bits per heavy atom. The van der Waals surface area contributed by atoms with Gasteiger partial charge in [-0.2, -0.15) is 0 Å². The van der Waals surface area contributed by atoms with E-state index in [1.165, 1.54) is 24.3 Å². The maximum absolute atomic E-state index is 12.2. The Balaban J connectivity index is 2.70. The highest BCUT2D eigenvalue weighted by atomic mass is 19.1. The molecule has 3 heteroatoms. The summed E-state index contributed by atoms with van der Waals surface area (Å²) in [6.45, 7) is 0. The van der Waals surface area contributed by atoms with Crippen molar-refractivity contribution in [3.63, 3.8) is 0 Å². The normalized spacial score (nSPS) is 24.8. The van der Waals surface area contributed by atoms with Crippen molar-refractivity contribution in [2.45, 2.75) is 11.8 Å². The standard InChI is InChI=1S/C6H9FN2/c7-5-1-3-6(8,9)4-2-5/h1-5H,8-9H2. The second-order valence-electron chi connectivity index (χ2n) is 2.16. The number of alkyl halides is 1. The molecule has 0 aromatic rings. The van der Waals surface area contributed by atoms with Gasteiger partial charge in [0.1, 0.15) is 11.8 Å². The van der Waals surface area contributed by atoms with Crippen molar-refractivity contribution in [3.05, 3.63) is 24.3 Å². The summed E-state index contributed by atoms with van der Waals surface area (Å²) >= 11 is 0. The fraction of sp³-hybridized carbons (Fsp3) is 0.333. The lowest BCUT2D eigenvalue weighted by Crippen LogP contribution is -2.46. The van der Waals surface area contributed by atoms with E-state index < -0.39 is 11.8 Å². The molecule has 2 nitrogen and oxygen atoms in total. The van der Waals surface area contributed by atoms with E-state index >= 15 is 0 Å². The van der Waals surface area contributed by atoms with Gasteiger partial charge < -0.3 is 11.5 Å². The zero-order chi connectivity index (χ0) is 6.91. The van der Waals surface area contributed by atoms with E-state index in [1.807, 2.05) is 0 Å². The number of allylic oxidation sites excluding steroid dienone is 2. The molecule has 0 amide bonds. The van der Waals surface area contributed by atoms with Crippen LogP contribution in [0, 0.1) is 0 Å². The highest BCUT2D eigenvalue weighted by Crippen LogP contribution is 2.08. The Labute approximate surface area is 53.0 Å². The molecule has 1 rings (SSSR count). The van der Waals surface area contributed by atoms with Crippen LogP contribution in [0.2, 0.25) is 0 Å². The second kappa shape index (κ2) is 1.93. The first-order valence-corrected chi connectivity index (χ1v) is 2.71. The lowest BCUT2D eigenvalue weighted by atomic mass is 10.1. The third-order valence-corrected chi connectivity index (χ3v) is 1.14. The van der Waals surface area contributed by atoms with Crippen LogP contribution in [-0.2, 0) is 0 Å². The predicted molar refractivity (Wildman–Crippen MR) is 34.3 cm³/mol. The number of rotatable bonds is 0. The van der Waals surface area contributed by atoms with Crippen molar-refractivity contribution in [2.24, 2.45) is 11.5 Å². The van der Waals surface area contributed by atoms with Crippen LogP contribution in [0.1, 0.15) is 0 Å². The maximum Gasteiger partial charge on any atom is 0.137 e. The third kappa shape index (κ3) is 1.62. The van der Waals surface area contributed by atoms with Gasteiger partial charge in [0.2, 0.25) is 0 Å². The van der Waals surface area contributed by atoms with Crippen LogP contribution in [0.4, 0.5) is 4.39 Å². The summed E-state index contributed by atoms with van der Waals surface area (Å²) in [5, 5.41) is 0. The molecule has 1 aliphatic carbocycles. The number of nitrogens with two attached hydrogens (primary N) is 2. The molecule has 0 saturated heterocycles. The molecule has 0 aliphatic heterocycles. The fourth-order valence-electron chi connectivity index (χ4n) is 0.637.